The van der Waals surface area contributed by atoms with E-state index in [1.807, 2.05) is 29.2 Å². The van der Waals surface area contributed by atoms with Gasteiger partial charge in [0.25, 0.3) is 0 Å². The molecular formula is C22H31ClN4O3. The van der Waals surface area contributed by atoms with Crippen LogP contribution in [0.5, 0.6) is 0 Å². The first-order chi connectivity index (χ1) is 14.5. The lowest BCUT2D eigenvalue weighted by Crippen LogP contribution is -2.58. The molecule has 1 aromatic rings. The number of fused-ring (bicyclic) bond motifs is 1. The summed E-state index contributed by atoms with van der Waals surface area (Å²) in [7, 11) is 0. The van der Waals surface area contributed by atoms with E-state index >= 15 is 0 Å². The molecule has 8 heteroatoms. The number of benzene rings is 1. The molecule has 0 aromatic heterocycles. The Morgan fingerprint density at radius 2 is 2.10 bits per heavy atom. The fourth-order valence-corrected chi connectivity index (χ4v) is 5.08. The summed E-state index contributed by atoms with van der Waals surface area (Å²) in [6, 6.07) is 8.11. The van der Waals surface area contributed by atoms with Crippen molar-refractivity contribution in [3.8, 4) is 0 Å². The molecule has 30 heavy (non-hydrogen) atoms. The van der Waals surface area contributed by atoms with Crippen LogP contribution in [-0.4, -0.2) is 77.1 Å². The number of halogens is 1. The van der Waals surface area contributed by atoms with Crippen LogP contribution in [0, 0.1) is 0 Å². The Balaban J connectivity index is 1.29. The van der Waals surface area contributed by atoms with E-state index in [1.54, 1.807) is 0 Å². The van der Waals surface area contributed by atoms with Crippen molar-refractivity contribution in [2.45, 2.75) is 62.9 Å². The molecule has 3 aliphatic heterocycles. The number of aliphatic hydroxyl groups is 1. The number of piperazine rings is 1. The third-order valence-electron chi connectivity index (χ3n) is 6.62. The molecule has 2 amide bonds. The lowest BCUT2D eigenvalue weighted by atomic mass is 10.0. The highest BCUT2D eigenvalue weighted by molar-refractivity contribution is 6.30. The lowest BCUT2D eigenvalue weighted by Gasteiger charge is -2.37. The summed E-state index contributed by atoms with van der Waals surface area (Å²) in [6.07, 6.45) is 3.07. The molecule has 0 aliphatic carbocycles. The van der Waals surface area contributed by atoms with Gasteiger partial charge in [-0.15, -0.1) is 0 Å². The maximum absolute atomic E-state index is 12.6. The van der Waals surface area contributed by atoms with E-state index in [0.717, 1.165) is 36.5 Å². The molecule has 3 N–H and O–H groups in total. The molecule has 7 nitrogen and oxygen atoms in total. The molecule has 164 valence electrons. The summed E-state index contributed by atoms with van der Waals surface area (Å²) in [5.74, 6) is 0.250. The van der Waals surface area contributed by atoms with Crippen LogP contribution in [0.4, 0.5) is 0 Å². The fraction of sp³-hybridized carbons (Fsp3) is 0.636. The quantitative estimate of drug-likeness (QED) is 0.625. The zero-order valence-corrected chi connectivity index (χ0v) is 18.0. The predicted molar refractivity (Wildman–Crippen MR) is 115 cm³/mol. The summed E-state index contributed by atoms with van der Waals surface area (Å²) in [6.45, 7) is 3.42. The molecule has 4 rings (SSSR count). The average molecular weight is 435 g/mol. The Labute approximate surface area is 182 Å². The first-order valence-corrected chi connectivity index (χ1v) is 11.3. The summed E-state index contributed by atoms with van der Waals surface area (Å²) >= 11 is 6.07. The number of hydrogen-bond donors (Lipinski definition) is 3. The standard InChI is InChI=1S/C22H31ClN4O3/c23-16-3-1-2-15(10-16)12-24-17-11-20-22(30)25-13-18(27(20)14-17)4-5-21(29)26-8-6-19(28)7-9-26/h1-3,10,17-20,24,28H,4-9,11-14H2,(H,25,30)/t17-,18+,20-/m0/s1. The number of piperidine rings is 1. The summed E-state index contributed by atoms with van der Waals surface area (Å²) in [5.41, 5.74) is 1.13. The van der Waals surface area contributed by atoms with Gasteiger partial charge in [0.15, 0.2) is 0 Å². The van der Waals surface area contributed by atoms with Crippen LogP contribution < -0.4 is 10.6 Å². The van der Waals surface area contributed by atoms with E-state index in [2.05, 4.69) is 15.5 Å². The SMILES string of the molecule is O=C1NC[C@@H](CCC(=O)N2CCC(O)CC2)N2C[C@@H](NCc3cccc(Cl)c3)C[C@@H]12. The van der Waals surface area contributed by atoms with Gasteiger partial charge in [-0.1, -0.05) is 23.7 Å². The molecular weight excluding hydrogens is 404 g/mol. The number of nitrogens with one attached hydrogen (secondary N) is 2. The molecule has 3 heterocycles. The zero-order chi connectivity index (χ0) is 21.1. The highest BCUT2D eigenvalue weighted by atomic mass is 35.5. The predicted octanol–water partition coefficient (Wildman–Crippen LogP) is 1.13. The second-order valence-electron chi connectivity index (χ2n) is 8.71. The maximum Gasteiger partial charge on any atom is 0.237 e. The third-order valence-corrected chi connectivity index (χ3v) is 6.85. The molecule has 3 saturated heterocycles. The summed E-state index contributed by atoms with van der Waals surface area (Å²) < 4.78 is 0. The number of carbonyl (C=O) groups is 2. The first-order valence-electron chi connectivity index (χ1n) is 11.0. The van der Waals surface area contributed by atoms with Crippen molar-refractivity contribution in [1.82, 2.24) is 20.4 Å². The maximum atomic E-state index is 12.6. The first kappa shape index (κ1) is 21.6. The van der Waals surface area contributed by atoms with E-state index in [0.29, 0.717) is 38.9 Å². The Morgan fingerprint density at radius 3 is 2.87 bits per heavy atom. The smallest absolute Gasteiger partial charge is 0.237 e. The number of likely N-dealkylation sites (tertiary alicyclic amines) is 1. The molecule has 1 aromatic carbocycles. The van der Waals surface area contributed by atoms with Crippen LogP contribution in [-0.2, 0) is 16.1 Å². The Morgan fingerprint density at radius 1 is 1.30 bits per heavy atom. The Bertz CT molecular complexity index is 769. The van der Waals surface area contributed by atoms with Gasteiger partial charge >= 0.3 is 0 Å². The Kier molecular flexibility index (Phi) is 6.93. The molecule has 0 bridgehead atoms. The molecule has 3 atom stereocenters. The summed E-state index contributed by atoms with van der Waals surface area (Å²) in [5, 5.41) is 16.9. The number of amides is 2. The van der Waals surface area contributed by atoms with Crippen molar-refractivity contribution in [1.29, 1.82) is 0 Å². The minimum absolute atomic E-state index is 0.0923. The van der Waals surface area contributed by atoms with Crippen LogP contribution >= 0.6 is 11.6 Å². The third kappa shape index (κ3) is 5.14. The second kappa shape index (κ2) is 9.64. The molecule has 0 radical (unpaired) electrons. The topological polar surface area (TPSA) is 84.9 Å². The van der Waals surface area contributed by atoms with E-state index in [1.165, 1.54) is 0 Å². The van der Waals surface area contributed by atoms with Gasteiger partial charge in [-0.05, 0) is 43.4 Å². The van der Waals surface area contributed by atoms with Crippen molar-refractivity contribution in [2.75, 3.05) is 26.2 Å². The highest BCUT2D eigenvalue weighted by Crippen LogP contribution is 2.26. The van der Waals surface area contributed by atoms with Gasteiger partial charge in [0.05, 0.1) is 12.1 Å². The summed E-state index contributed by atoms with van der Waals surface area (Å²) in [4.78, 5) is 29.1. The van der Waals surface area contributed by atoms with E-state index in [4.69, 9.17) is 11.6 Å². The van der Waals surface area contributed by atoms with Crippen LogP contribution in [0.1, 0.15) is 37.7 Å². The number of hydrogen-bond acceptors (Lipinski definition) is 5. The number of aliphatic hydroxyl groups excluding tert-OH is 1. The zero-order valence-electron chi connectivity index (χ0n) is 17.2. The minimum Gasteiger partial charge on any atom is -0.393 e. The van der Waals surface area contributed by atoms with Gasteiger partial charge in [0.1, 0.15) is 0 Å². The number of nitrogens with zero attached hydrogens (tertiary/aromatic N) is 2. The molecule has 0 spiro atoms. The monoisotopic (exact) mass is 434 g/mol. The Hall–Kier alpha value is -1.67. The molecule has 3 fully saturated rings. The largest absolute Gasteiger partial charge is 0.393 e. The highest BCUT2D eigenvalue weighted by Gasteiger charge is 2.43. The van der Waals surface area contributed by atoms with Crippen molar-refractivity contribution in [2.24, 2.45) is 0 Å². The van der Waals surface area contributed by atoms with Crippen molar-refractivity contribution < 1.29 is 14.7 Å². The van der Waals surface area contributed by atoms with E-state index < -0.39 is 0 Å². The van der Waals surface area contributed by atoms with Gasteiger partial charge < -0.3 is 20.6 Å². The van der Waals surface area contributed by atoms with Crippen LogP contribution in [0.15, 0.2) is 24.3 Å². The van der Waals surface area contributed by atoms with E-state index in [-0.39, 0.29) is 36.0 Å². The van der Waals surface area contributed by atoms with Crippen molar-refractivity contribution in [3.63, 3.8) is 0 Å². The van der Waals surface area contributed by atoms with Gasteiger partial charge in [0, 0.05) is 56.3 Å². The van der Waals surface area contributed by atoms with Crippen LogP contribution in [0.3, 0.4) is 0 Å². The number of rotatable bonds is 6. The van der Waals surface area contributed by atoms with Crippen molar-refractivity contribution >= 4 is 23.4 Å². The van der Waals surface area contributed by atoms with Crippen LogP contribution in [0.25, 0.3) is 0 Å². The van der Waals surface area contributed by atoms with Gasteiger partial charge in [-0.25, -0.2) is 0 Å². The van der Waals surface area contributed by atoms with Gasteiger partial charge in [-0.3, -0.25) is 14.5 Å². The second-order valence-corrected chi connectivity index (χ2v) is 9.14. The van der Waals surface area contributed by atoms with E-state index in [9.17, 15) is 14.7 Å². The van der Waals surface area contributed by atoms with Gasteiger partial charge in [-0.2, -0.15) is 0 Å². The van der Waals surface area contributed by atoms with Gasteiger partial charge in [0.2, 0.25) is 11.8 Å². The molecule has 0 saturated carbocycles. The normalized spacial score (nSPS) is 27.7. The number of carbonyl (C=O) groups excluding carboxylic acids is 2. The lowest BCUT2D eigenvalue weighted by molar-refractivity contribution is -0.134. The minimum atomic E-state index is -0.274. The average Bonchev–Trinajstić information content (AvgIpc) is 3.17. The van der Waals surface area contributed by atoms with Crippen molar-refractivity contribution in [3.05, 3.63) is 34.9 Å². The van der Waals surface area contributed by atoms with Crippen LogP contribution in [0.2, 0.25) is 5.02 Å². The molecule has 3 aliphatic rings. The molecule has 0 unspecified atom stereocenters. The fourth-order valence-electron chi connectivity index (χ4n) is 4.86.